The maximum Gasteiger partial charge on any atom is 0.227 e. The van der Waals surface area contributed by atoms with Gasteiger partial charge in [0.2, 0.25) is 11.8 Å². The number of rotatable bonds is 13. The van der Waals surface area contributed by atoms with Crippen LogP contribution in [0, 0.1) is 16.7 Å². The first-order chi connectivity index (χ1) is 10.2. The lowest BCUT2D eigenvalue weighted by atomic mass is 9.94. The van der Waals surface area contributed by atoms with Gasteiger partial charge in [-0.2, -0.15) is 0 Å². The van der Waals surface area contributed by atoms with Crippen molar-refractivity contribution in [1.82, 2.24) is 0 Å². The number of unbranched alkanes of at least 4 members (excludes halogenated alkanes) is 6. The summed E-state index contributed by atoms with van der Waals surface area (Å²) in [6, 6.07) is 0. The number of hydrogen-bond donors (Lipinski definition) is 4. The molecule has 0 aromatic rings. The highest BCUT2D eigenvalue weighted by Gasteiger charge is 2.16. The summed E-state index contributed by atoms with van der Waals surface area (Å²) in [4.78, 5) is 7.87. The van der Waals surface area contributed by atoms with Crippen LogP contribution in [0.3, 0.4) is 0 Å². The summed E-state index contributed by atoms with van der Waals surface area (Å²) < 4.78 is 0. The lowest BCUT2D eigenvalue weighted by molar-refractivity contribution is -0.162. The van der Waals surface area contributed by atoms with Crippen LogP contribution in [0.25, 0.3) is 0 Å². The zero-order chi connectivity index (χ0) is 15.9. The summed E-state index contributed by atoms with van der Waals surface area (Å²) >= 11 is 0. The molecule has 0 aliphatic rings. The van der Waals surface area contributed by atoms with E-state index in [1.807, 2.05) is 0 Å². The molecule has 4 N–H and O–H groups in total. The molecule has 0 radical (unpaired) electrons. The summed E-state index contributed by atoms with van der Waals surface area (Å²) in [6.45, 7) is 2.20. The van der Waals surface area contributed by atoms with Crippen LogP contribution >= 0.6 is 0 Å². The van der Waals surface area contributed by atoms with Crippen molar-refractivity contribution in [2.45, 2.75) is 77.6 Å². The van der Waals surface area contributed by atoms with E-state index in [0.29, 0.717) is 19.3 Å². The lowest BCUT2D eigenvalue weighted by Crippen LogP contribution is -2.16. The maximum absolute atomic E-state index is 8.63. The summed E-state index contributed by atoms with van der Waals surface area (Å²) in [5, 5.41) is 31.7. The van der Waals surface area contributed by atoms with Crippen LogP contribution in [-0.2, 0) is 9.78 Å². The van der Waals surface area contributed by atoms with Crippen LogP contribution in [0.1, 0.15) is 77.6 Å². The molecule has 0 amide bonds. The van der Waals surface area contributed by atoms with Crippen molar-refractivity contribution in [3.05, 3.63) is 0 Å². The Labute approximate surface area is 127 Å². The SMILES string of the molecule is CCCCCCCCCC(CCCC(=N)OO)C(=N)OO. The van der Waals surface area contributed by atoms with Crippen LogP contribution in [0.5, 0.6) is 0 Å². The van der Waals surface area contributed by atoms with E-state index in [0.717, 1.165) is 19.3 Å². The van der Waals surface area contributed by atoms with E-state index in [1.54, 1.807) is 0 Å². The molecule has 21 heavy (non-hydrogen) atoms. The summed E-state index contributed by atoms with van der Waals surface area (Å²) in [5.41, 5.74) is 0. The molecule has 0 rings (SSSR count). The Bertz CT molecular complexity index is 285. The third kappa shape index (κ3) is 11.2. The quantitative estimate of drug-likeness (QED) is 0.128. The van der Waals surface area contributed by atoms with Crippen molar-refractivity contribution < 1.29 is 20.3 Å². The molecule has 0 aliphatic heterocycles. The summed E-state index contributed by atoms with van der Waals surface area (Å²) in [5.74, 6) is -0.421. The molecule has 0 aliphatic carbocycles. The Kier molecular flexibility index (Phi) is 13.1. The maximum atomic E-state index is 8.63. The minimum Gasteiger partial charge on any atom is -0.325 e. The highest BCUT2D eigenvalue weighted by molar-refractivity contribution is 5.75. The number of hydrogen-bond acceptors (Lipinski definition) is 6. The van der Waals surface area contributed by atoms with Gasteiger partial charge < -0.3 is 9.78 Å². The molecule has 0 spiro atoms. The predicted octanol–water partition coefficient (Wildman–Crippen LogP) is 4.85. The van der Waals surface area contributed by atoms with Crippen molar-refractivity contribution in [2.24, 2.45) is 5.92 Å². The van der Waals surface area contributed by atoms with E-state index in [2.05, 4.69) is 16.7 Å². The molecule has 124 valence electrons. The second kappa shape index (κ2) is 13.8. The van der Waals surface area contributed by atoms with Crippen molar-refractivity contribution in [3.8, 4) is 0 Å². The monoisotopic (exact) mass is 302 g/mol. The van der Waals surface area contributed by atoms with Crippen LogP contribution < -0.4 is 0 Å². The van der Waals surface area contributed by atoms with Gasteiger partial charge in [-0.1, -0.05) is 51.9 Å². The molecule has 1 atom stereocenters. The van der Waals surface area contributed by atoms with Gasteiger partial charge in [0.25, 0.3) is 0 Å². The smallest absolute Gasteiger partial charge is 0.227 e. The van der Waals surface area contributed by atoms with Gasteiger partial charge in [-0.3, -0.25) is 10.8 Å². The Morgan fingerprint density at radius 3 is 2.00 bits per heavy atom. The van der Waals surface area contributed by atoms with Crippen molar-refractivity contribution >= 4 is 11.8 Å². The minimum atomic E-state index is -0.180. The predicted molar refractivity (Wildman–Crippen MR) is 82.8 cm³/mol. The normalized spacial score (nSPS) is 12.0. The molecule has 0 fully saturated rings. The molecular weight excluding hydrogens is 272 g/mol. The fourth-order valence-electron chi connectivity index (χ4n) is 2.38. The first kappa shape index (κ1) is 19.9. The van der Waals surface area contributed by atoms with E-state index in [9.17, 15) is 0 Å². The topological polar surface area (TPSA) is 107 Å². The van der Waals surface area contributed by atoms with Crippen molar-refractivity contribution in [1.29, 1.82) is 10.8 Å². The van der Waals surface area contributed by atoms with E-state index in [1.165, 1.54) is 32.1 Å². The molecule has 0 aromatic carbocycles. The van der Waals surface area contributed by atoms with Gasteiger partial charge in [0.15, 0.2) is 0 Å². The average Bonchev–Trinajstić information content (AvgIpc) is 2.51. The van der Waals surface area contributed by atoms with E-state index < -0.39 is 0 Å². The summed E-state index contributed by atoms with van der Waals surface area (Å²) in [6.07, 6.45) is 10.8. The Hall–Kier alpha value is -1.14. The number of nitrogens with one attached hydrogen (secondary N) is 2. The van der Waals surface area contributed by atoms with Crippen LogP contribution in [0.4, 0.5) is 0 Å². The van der Waals surface area contributed by atoms with Crippen LogP contribution in [0.15, 0.2) is 0 Å². The van der Waals surface area contributed by atoms with Crippen molar-refractivity contribution in [2.75, 3.05) is 0 Å². The molecule has 0 saturated carbocycles. The van der Waals surface area contributed by atoms with Crippen molar-refractivity contribution in [3.63, 3.8) is 0 Å². The first-order valence-electron chi connectivity index (χ1n) is 7.94. The van der Waals surface area contributed by atoms with Gasteiger partial charge in [0.1, 0.15) is 0 Å². The standard InChI is InChI=1S/C15H30N2O4/c1-2-3-4-5-6-7-8-10-13(15(17)21-19)11-9-12-14(16)20-18/h13,16-19H,2-12H2,1H3. The van der Waals surface area contributed by atoms with Crippen LogP contribution in [-0.4, -0.2) is 22.3 Å². The lowest BCUT2D eigenvalue weighted by Gasteiger charge is -2.15. The summed E-state index contributed by atoms with van der Waals surface area (Å²) in [7, 11) is 0. The highest BCUT2D eigenvalue weighted by Crippen LogP contribution is 2.19. The van der Waals surface area contributed by atoms with Gasteiger partial charge >= 0.3 is 0 Å². The Morgan fingerprint density at radius 2 is 1.43 bits per heavy atom. The molecule has 0 bridgehead atoms. The van der Waals surface area contributed by atoms with E-state index >= 15 is 0 Å². The largest absolute Gasteiger partial charge is 0.325 e. The van der Waals surface area contributed by atoms with Gasteiger partial charge in [-0.25, -0.2) is 10.5 Å². The fraction of sp³-hybridized carbons (Fsp3) is 0.867. The second-order valence-electron chi connectivity index (χ2n) is 5.47. The van der Waals surface area contributed by atoms with Gasteiger partial charge in [-0.15, -0.1) is 0 Å². The average molecular weight is 302 g/mol. The molecule has 1 unspecified atom stereocenters. The third-order valence-electron chi connectivity index (χ3n) is 3.69. The molecular formula is C15H30N2O4. The molecule has 0 heterocycles. The zero-order valence-electron chi connectivity index (χ0n) is 13.1. The Balaban J connectivity index is 3.81. The molecule has 6 nitrogen and oxygen atoms in total. The van der Waals surface area contributed by atoms with E-state index in [-0.39, 0.29) is 17.7 Å². The molecule has 0 saturated heterocycles. The van der Waals surface area contributed by atoms with Gasteiger partial charge in [-0.05, 0) is 19.3 Å². The molecule has 6 heteroatoms. The van der Waals surface area contributed by atoms with Gasteiger partial charge in [0.05, 0.1) is 0 Å². The third-order valence-corrected chi connectivity index (χ3v) is 3.69. The van der Waals surface area contributed by atoms with Gasteiger partial charge in [0, 0.05) is 12.3 Å². The minimum absolute atomic E-state index is 0.113. The van der Waals surface area contributed by atoms with E-state index in [4.69, 9.17) is 21.3 Å². The molecule has 0 aromatic heterocycles. The second-order valence-corrected chi connectivity index (χ2v) is 5.47. The van der Waals surface area contributed by atoms with Crippen LogP contribution in [0.2, 0.25) is 0 Å². The fourth-order valence-corrected chi connectivity index (χ4v) is 2.38. The zero-order valence-corrected chi connectivity index (χ0v) is 13.1. The first-order valence-corrected chi connectivity index (χ1v) is 7.94. The highest BCUT2D eigenvalue weighted by atomic mass is 17.1. The Morgan fingerprint density at radius 1 is 0.857 bits per heavy atom.